The van der Waals surface area contributed by atoms with E-state index in [0.717, 1.165) is 5.56 Å². The molecule has 0 aliphatic carbocycles. The van der Waals surface area contributed by atoms with Gasteiger partial charge in [-0.2, -0.15) is 0 Å². The molecule has 1 N–H and O–H groups in total. The van der Waals surface area contributed by atoms with Gasteiger partial charge in [-0.3, -0.25) is 9.69 Å². The first-order valence-electron chi connectivity index (χ1n) is 6.39. The van der Waals surface area contributed by atoms with Gasteiger partial charge in [-0.05, 0) is 5.56 Å². The van der Waals surface area contributed by atoms with Gasteiger partial charge < -0.3 is 14.8 Å². The van der Waals surface area contributed by atoms with Crippen molar-refractivity contribution in [1.82, 2.24) is 10.2 Å². The third-order valence-electron chi connectivity index (χ3n) is 3.32. The van der Waals surface area contributed by atoms with E-state index < -0.39 is 12.1 Å². The molecule has 0 radical (unpaired) electrons. The van der Waals surface area contributed by atoms with Crippen LogP contribution in [0, 0.1) is 0 Å². The van der Waals surface area contributed by atoms with Crippen LogP contribution in [0.2, 0.25) is 0 Å². The SMILES string of the molecule is CNC(=O)C1C(OC)CN1C(=O)OCc1ccccc1. The molecule has 2 unspecified atom stereocenters. The Labute approximate surface area is 117 Å². The number of likely N-dealkylation sites (N-methyl/N-ethyl adjacent to an activating group) is 1. The Hall–Kier alpha value is -2.08. The zero-order chi connectivity index (χ0) is 14.5. The highest BCUT2D eigenvalue weighted by atomic mass is 16.6. The second kappa shape index (κ2) is 6.38. The van der Waals surface area contributed by atoms with Crippen molar-refractivity contribution in [3.05, 3.63) is 35.9 Å². The smallest absolute Gasteiger partial charge is 0.410 e. The highest BCUT2D eigenvalue weighted by Gasteiger charge is 2.47. The van der Waals surface area contributed by atoms with E-state index in [4.69, 9.17) is 9.47 Å². The molecule has 20 heavy (non-hydrogen) atoms. The number of likely N-dealkylation sites (tertiary alicyclic amines) is 1. The monoisotopic (exact) mass is 278 g/mol. The van der Waals surface area contributed by atoms with Gasteiger partial charge >= 0.3 is 6.09 Å². The lowest BCUT2D eigenvalue weighted by Crippen LogP contribution is -2.68. The molecule has 6 heteroatoms. The van der Waals surface area contributed by atoms with E-state index >= 15 is 0 Å². The summed E-state index contributed by atoms with van der Waals surface area (Å²) in [5, 5.41) is 2.52. The molecule has 1 fully saturated rings. The van der Waals surface area contributed by atoms with E-state index in [9.17, 15) is 9.59 Å². The quantitative estimate of drug-likeness (QED) is 0.883. The van der Waals surface area contributed by atoms with Gasteiger partial charge in [0.1, 0.15) is 18.8 Å². The fourth-order valence-corrected chi connectivity index (χ4v) is 2.12. The second-order valence-corrected chi connectivity index (χ2v) is 4.53. The number of hydrogen-bond acceptors (Lipinski definition) is 4. The van der Waals surface area contributed by atoms with Crippen molar-refractivity contribution in [2.75, 3.05) is 20.7 Å². The maximum Gasteiger partial charge on any atom is 0.410 e. The Morgan fingerprint density at radius 3 is 2.65 bits per heavy atom. The summed E-state index contributed by atoms with van der Waals surface area (Å²) in [4.78, 5) is 25.0. The summed E-state index contributed by atoms with van der Waals surface area (Å²) in [6, 6.07) is 8.77. The average Bonchev–Trinajstić information content (AvgIpc) is 2.45. The molecule has 6 nitrogen and oxygen atoms in total. The first kappa shape index (κ1) is 14.3. The molecule has 2 rings (SSSR count). The van der Waals surface area contributed by atoms with Crippen LogP contribution in [0.3, 0.4) is 0 Å². The molecule has 1 aromatic rings. The highest BCUT2D eigenvalue weighted by molar-refractivity contribution is 5.88. The van der Waals surface area contributed by atoms with Crippen LogP contribution in [-0.4, -0.2) is 49.7 Å². The van der Waals surface area contributed by atoms with E-state index in [1.54, 1.807) is 0 Å². The van der Waals surface area contributed by atoms with Gasteiger partial charge in [-0.1, -0.05) is 30.3 Å². The predicted octanol–water partition coefficient (Wildman–Crippen LogP) is 0.768. The first-order chi connectivity index (χ1) is 9.67. The Morgan fingerprint density at radius 2 is 2.05 bits per heavy atom. The Bertz CT molecular complexity index is 477. The van der Waals surface area contributed by atoms with Crippen LogP contribution in [0.4, 0.5) is 4.79 Å². The lowest BCUT2D eigenvalue weighted by atomic mass is 9.99. The van der Waals surface area contributed by atoms with E-state index in [-0.39, 0.29) is 18.6 Å². The number of nitrogens with one attached hydrogen (secondary N) is 1. The zero-order valence-electron chi connectivity index (χ0n) is 11.5. The molecular weight excluding hydrogens is 260 g/mol. The Balaban J connectivity index is 1.91. The number of methoxy groups -OCH3 is 1. The summed E-state index contributed by atoms with van der Waals surface area (Å²) in [5.41, 5.74) is 0.904. The number of ether oxygens (including phenoxy) is 2. The summed E-state index contributed by atoms with van der Waals surface area (Å²) in [6.07, 6.45) is -0.782. The van der Waals surface area contributed by atoms with Crippen LogP contribution < -0.4 is 5.32 Å². The van der Waals surface area contributed by atoms with E-state index in [1.165, 1.54) is 19.1 Å². The Kier molecular flexibility index (Phi) is 4.57. The van der Waals surface area contributed by atoms with Gasteiger partial charge in [0.25, 0.3) is 0 Å². The molecule has 2 amide bonds. The van der Waals surface area contributed by atoms with Crippen molar-refractivity contribution in [1.29, 1.82) is 0 Å². The van der Waals surface area contributed by atoms with E-state index in [0.29, 0.717) is 6.54 Å². The van der Waals surface area contributed by atoms with Gasteiger partial charge in [0, 0.05) is 14.2 Å². The molecule has 1 aliphatic rings. The minimum absolute atomic E-state index is 0.189. The predicted molar refractivity (Wildman–Crippen MR) is 72.0 cm³/mol. The van der Waals surface area contributed by atoms with Crippen molar-refractivity contribution in [3.8, 4) is 0 Å². The third kappa shape index (κ3) is 2.91. The fraction of sp³-hybridized carbons (Fsp3) is 0.429. The van der Waals surface area contributed by atoms with Crippen LogP contribution >= 0.6 is 0 Å². The van der Waals surface area contributed by atoms with Gasteiger partial charge in [-0.25, -0.2) is 4.79 Å². The molecule has 0 bridgehead atoms. The van der Waals surface area contributed by atoms with E-state index in [1.807, 2.05) is 30.3 Å². The van der Waals surface area contributed by atoms with Crippen molar-refractivity contribution in [2.45, 2.75) is 18.8 Å². The molecule has 0 saturated carbocycles. The van der Waals surface area contributed by atoms with Crippen LogP contribution in [0.25, 0.3) is 0 Å². The lowest BCUT2D eigenvalue weighted by molar-refractivity contribution is -0.142. The zero-order valence-corrected chi connectivity index (χ0v) is 11.5. The van der Waals surface area contributed by atoms with Crippen molar-refractivity contribution in [3.63, 3.8) is 0 Å². The number of rotatable bonds is 4. The van der Waals surface area contributed by atoms with Gasteiger partial charge in [0.2, 0.25) is 5.91 Å². The van der Waals surface area contributed by atoms with Crippen molar-refractivity contribution >= 4 is 12.0 Å². The summed E-state index contributed by atoms with van der Waals surface area (Å²) in [6.45, 7) is 0.552. The summed E-state index contributed by atoms with van der Waals surface area (Å²) in [5.74, 6) is -0.250. The number of amides is 2. The minimum Gasteiger partial charge on any atom is -0.445 e. The normalized spacial score (nSPS) is 21.0. The molecule has 108 valence electrons. The number of carbonyl (C=O) groups is 2. The average molecular weight is 278 g/mol. The molecular formula is C14H18N2O4. The molecule has 0 aromatic heterocycles. The highest BCUT2D eigenvalue weighted by Crippen LogP contribution is 2.22. The van der Waals surface area contributed by atoms with Crippen LogP contribution in [0.5, 0.6) is 0 Å². The number of benzene rings is 1. The molecule has 1 aliphatic heterocycles. The van der Waals surface area contributed by atoms with Gasteiger partial charge in [0.05, 0.1) is 6.54 Å². The van der Waals surface area contributed by atoms with Gasteiger partial charge in [0.15, 0.2) is 0 Å². The minimum atomic E-state index is -0.617. The lowest BCUT2D eigenvalue weighted by Gasteiger charge is -2.44. The molecule has 0 spiro atoms. The first-order valence-corrected chi connectivity index (χ1v) is 6.39. The number of nitrogens with zero attached hydrogens (tertiary/aromatic N) is 1. The topological polar surface area (TPSA) is 67.9 Å². The number of hydrogen-bond donors (Lipinski definition) is 1. The summed E-state index contributed by atoms with van der Waals surface area (Å²) < 4.78 is 10.4. The Morgan fingerprint density at radius 1 is 1.35 bits per heavy atom. The second-order valence-electron chi connectivity index (χ2n) is 4.53. The standard InChI is InChI=1S/C14H18N2O4/c1-15-13(17)12-11(19-2)8-16(12)14(18)20-9-10-6-4-3-5-7-10/h3-7,11-12H,8-9H2,1-2H3,(H,15,17). The molecule has 1 aromatic carbocycles. The van der Waals surface area contributed by atoms with Crippen molar-refractivity contribution in [2.24, 2.45) is 0 Å². The van der Waals surface area contributed by atoms with Crippen LogP contribution in [0.1, 0.15) is 5.56 Å². The largest absolute Gasteiger partial charge is 0.445 e. The summed E-state index contributed by atoms with van der Waals surface area (Å²) in [7, 11) is 3.05. The maximum absolute atomic E-state index is 12.0. The molecule has 1 heterocycles. The fourth-order valence-electron chi connectivity index (χ4n) is 2.12. The number of carbonyl (C=O) groups excluding carboxylic acids is 2. The maximum atomic E-state index is 12.0. The van der Waals surface area contributed by atoms with Gasteiger partial charge in [-0.15, -0.1) is 0 Å². The molecule has 1 saturated heterocycles. The van der Waals surface area contributed by atoms with Crippen LogP contribution in [0.15, 0.2) is 30.3 Å². The van der Waals surface area contributed by atoms with Crippen LogP contribution in [-0.2, 0) is 20.9 Å². The summed E-state index contributed by atoms with van der Waals surface area (Å²) >= 11 is 0. The molecule has 2 atom stereocenters. The van der Waals surface area contributed by atoms with E-state index in [2.05, 4.69) is 5.32 Å². The third-order valence-corrected chi connectivity index (χ3v) is 3.32. The van der Waals surface area contributed by atoms with Crippen molar-refractivity contribution < 1.29 is 19.1 Å².